The highest BCUT2D eigenvalue weighted by molar-refractivity contribution is 14.0. The van der Waals surface area contributed by atoms with Crippen LogP contribution in [-0.4, -0.2) is 24.2 Å². The highest BCUT2D eigenvalue weighted by Gasteiger charge is 2.13. The van der Waals surface area contributed by atoms with E-state index in [1.807, 2.05) is 0 Å². The molecule has 0 atom stereocenters. The second-order valence-electron chi connectivity index (χ2n) is 5.50. The number of aromatic nitrogens is 1. The number of hydrogen-bond acceptors (Lipinski definition) is 3. The molecular weight excluding hydrogens is 403 g/mol. The van der Waals surface area contributed by atoms with E-state index in [1.165, 1.54) is 12.8 Å². The number of halogens is 1. The van der Waals surface area contributed by atoms with Gasteiger partial charge in [0.15, 0.2) is 5.96 Å². The van der Waals surface area contributed by atoms with E-state index in [1.54, 1.807) is 0 Å². The average Bonchev–Trinajstić information content (AvgIpc) is 2.95. The molecule has 0 radical (unpaired) electrons. The minimum absolute atomic E-state index is 0. The third-order valence-electron chi connectivity index (χ3n) is 4.06. The third-order valence-corrected chi connectivity index (χ3v) is 4.06. The highest BCUT2D eigenvalue weighted by Crippen LogP contribution is 2.16. The van der Waals surface area contributed by atoms with Gasteiger partial charge in [0.1, 0.15) is 5.76 Å². The van der Waals surface area contributed by atoms with E-state index in [-0.39, 0.29) is 24.0 Å². The number of rotatable bonds is 9. The molecule has 0 saturated heterocycles. The molecule has 2 N–H and O–H groups in total. The number of nitrogens with zero attached hydrogens (tertiary/aromatic N) is 2. The zero-order chi connectivity index (χ0) is 16.4. The first-order chi connectivity index (χ1) is 10.7. The zero-order valence-corrected chi connectivity index (χ0v) is 17.6. The first-order valence-corrected chi connectivity index (χ1v) is 8.68. The third kappa shape index (κ3) is 7.10. The summed E-state index contributed by atoms with van der Waals surface area (Å²) in [4.78, 5) is 4.71. The molecule has 0 amide bonds. The Hall–Kier alpha value is -0.790. The molecule has 1 heterocycles. The van der Waals surface area contributed by atoms with Crippen LogP contribution in [0.4, 0.5) is 0 Å². The van der Waals surface area contributed by atoms with E-state index < -0.39 is 0 Å². The van der Waals surface area contributed by atoms with Gasteiger partial charge in [0.05, 0.1) is 12.2 Å². The maximum absolute atomic E-state index is 5.40. The first kappa shape index (κ1) is 22.2. The van der Waals surface area contributed by atoms with Crippen molar-refractivity contribution >= 4 is 29.9 Å². The lowest BCUT2D eigenvalue weighted by Crippen LogP contribution is -2.39. The summed E-state index contributed by atoms with van der Waals surface area (Å²) < 4.78 is 5.40. The van der Waals surface area contributed by atoms with E-state index >= 15 is 0 Å². The second kappa shape index (κ2) is 12.6. The Labute approximate surface area is 158 Å². The molecule has 0 spiro atoms. The molecule has 0 aliphatic heterocycles. The van der Waals surface area contributed by atoms with Gasteiger partial charge >= 0.3 is 0 Å². The summed E-state index contributed by atoms with van der Waals surface area (Å²) in [6.45, 7) is 13.2. The molecule has 0 fully saturated rings. The molecule has 1 rings (SSSR count). The molecule has 0 aliphatic rings. The van der Waals surface area contributed by atoms with Crippen LogP contribution >= 0.6 is 24.0 Å². The fourth-order valence-electron chi connectivity index (χ4n) is 2.43. The lowest BCUT2D eigenvalue weighted by Gasteiger charge is -2.16. The van der Waals surface area contributed by atoms with Crippen molar-refractivity contribution in [1.29, 1.82) is 0 Å². The second-order valence-corrected chi connectivity index (χ2v) is 5.50. The van der Waals surface area contributed by atoms with Crippen molar-refractivity contribution in [3.63, 3.8) is 0 Å². The molecule has 0 aromatic carbocycles. The van der Waals surface area contributed by atoms with Gasteiger partial charge in [-0.05, 0) is 19.3 Å². The van der Waals surface area contributed by atoms with Crippen LogP contribution in [0.3, 0.4) is 0 Å². The summed E-state index contributed by atoms with van der Waals surface area (Å²) in [6, 6.07) is 0. The molecule has 134 valence electrons. The summed E-state index contributed by atoms with van der Waals surface area (Å²) in [5.41, 5.74) is 2.17. The number of nitrogens with one attached hydrogen (secondary N) is 2. The van der Waals surface area contributed by atoms with Gasteiger partial charge in [-0.2, -0.15) is 0 Å². The topological polar surface area (TPSA) is 62.5 Å². The van der Waals surface area contributed by atoms with Gasteiger partial charge in [0.2, 0.25) is 0 Å². The van der Waals surface area contributed by atoms with Crippen molar-refractivity contribution in [2.24, 2.45) is 10.9 Å². The molecule has 1 aromatic rings. The zero-order valence-electron chi connectivity index (χ0n) is 15.2. The van der Waals surface area contributed by atoms with Gasteiger partial charge in [0.25, 0.3) is 0 Å². The highest BCUT2D eigenvalue weighted by atomic mass is 127. The summed E-state index contributed by atoms with van der Waals surface area (Å²) in [7, 11) is 0. The molecule has 0 saturated carbocycles. The fourth-order valence-corrected chi connectivity index (χ4v) is 2.43. The van der Waals surface area contributed by atoms with Crippen molar-refractivity contribution in [1.82, 2.24) is 15.8 Å². The maximum Gasteiger partial charge on any atom is 0.191 e. The normalized spacial score (nSPS) is 11.5. The number of aryl methyl sites for hydroxylation is 2. The Morgan fingerprint density at radius 2 is 1.78 bits per heavy atom. The van der Waals surface area contributed by atoms with E-state index in [4.69, 9.17) is 9.52 Å². The molecule has 0 unspecified atom stereocenters. The van der Waals surface area contributed by atoms with Gasteiger partial charge in [-0.3, -0.25) is 0 Å². The summed E-state index contributed by atoms with van der Waals surface area (Å²) in [5.74, 6) is 2.52. The van der Waals surface area contributed by atoms with E-state index in [0.717, 1.165) is 48.9 Å². The minimum atomic E-state index is 0. The Balaban J connectivity index is 0.00000484. The number of hydrogen-bond donors (Lipinski definition) is 2. The predicted octanol–water partition coefficient (Wildman–Crippen LogP) is 3.91. The van der Waals surface area contributed by atoms with Gasteiger partial charge in [-0.15, -0.1) is 24.0 Å². The molecular formula is C17H33IN4O. The number of guanidine groups is 1. The standard InChI is InChI=1S/C17H32N4O.HI/c1-6-13(7-2)11-19-17(18-10-5)20-12-14-15(8-3)21-22-16(14)9-4;/h13H,6-12H2,1-5H3,(H2,18,19,20);1H. The van der Waals surface area contributed by atoms with Gasteiger partial charge in [0, 0.05) is 25.1 Å². The van der Waals surface area contributed by atoms with Crippen LogP contribution in [0.1, 0.15) is 64.5 Å². The van der Waals surface area contributed by atoms with Gasteiger partial charge < -0.3 is 15.2 Å². The SMILES string of the molecule is CCNC(=NCc1c(CC)noc1CC)NCC(CC)CC.I. The van der Waals surface area contributed by atoms with Crippen LogP contribution in [0.2, 0.25) is 0 Å². The Bertz CT molecular complexity index is 434. The van der Waals surface area contributed by atoms with Crippen LogP contribution in [0, 0.1) is 5.92 Å². The molecule has 23 heavy (non-hydrogen) atoms. The maximum atomic E-state index is 5.40. The largest absolute Gasteiger partial charge is 0.361 e. The van der Waals surface area contributed by atoms with E-state index in [0.29, 0.717) is 12.5 Å². The van der Waals surface area contributed by atoms with Crippen LogP contribution in [-0.2, 0) is 19.4 Å². The van der Waals surface area contributed by atoms with E-state index in [9.17, 15) is 0 Å². The van der Waals surface area contributed by atoms with Gasteiger partial charge in [-0.1, -0.05) is 45.7 Å². The van der Waals surface area contributed by atoms with Crippen molar-refractivity contribution in [2.45, 2.75) is 66.8 Å². The predicted molar refractivity (Wildman–Crippen MR) is 108 cm³/mol. The van der Waals surface area contributed by atoms with Crippen LogP contribution < -0.4 is 10.6 Å². The summed E-state index contributed by atoms with van der Waals surface area (Å²) in [6.07, 6.45) is 4.12. The van der Waals surface area contributed by atoms with E-state index in [2.05, 4.69) is 50.4 Å². The van der Waals surface area contributed by atoms with Crippen molar-refractivity contribution in [3.05, 3.63) is 17.0 Å². The Morgan fingerprint density at radius 3 is 2.30 bits per heavy atom. The lowest BCUT2D eigenvalue weighted by atomic mass is 10.0. The van der Waals surface area contributed by atoms with Crippen molar-refractivity contribution in [3.8, 4) is 0 Å². The summed E-state index contributed by atoms with van der Waals surface area (Å²) >= 11 is 0. The molecule has 0 bridgehead atoms. The van der Waals surface area contributed by atoms with Crippen LogP contribution in [0.25, 0.3) is 0 Å². The smallest absolute Gasteiger partial charge is 0.191 e. The fraction of sp³-hybridized carbons (Fsp3) is 0.765. The first-order valence-electron chi connectivity index (χ1n) is 8.68. The number of aliphatic imine (C=N–C) groups is 1. The quantitative estimate of drug-likeness (QED) is 0.350. The average molecular weight is 436 g/mol. The minimum Gasteiger partial charge on any atom is -0.361 e. The molecule has 5 nitrogen and oxygen atoms in total. The Morgan fingerprint density at radius 1 is 1.09 bits per heavy atom. The monoisotopic (exact) mass is 436 g/mol. The summed E-state index contributed by atoms with van der Waals surface area (Å²) in [5, 5.41) is 10.9. The molecule has 6 heteroatoms. The lowest BCUT2D eigenvalue weighted by molar-refractivity contribution is 0.380. The van der Waals surface area contributed by atoms with Crippen LogP contribution in [0.5, 0.6) is 0 Å². The van der Waals surface area contributed by atoms with Crippen molar-refractivity contribution in [2.75, 3.05) is 13.1 Å². The molecule has 1 aromatic heterocycles. The Kier molecular flexibility index (Phi) is 12.2. The van der Waals surface area contributed by atoms with Crippen molar-refractivity contribution < 1.29 is 4.52 Å². The molecule has 0 aliphatic carbocycles. The van der Waals surface area contributed by atoms with Gasteiger partial charge in [-0.25, -0.2) is 4.99 Å². The van der Waals surface area contributed by atoms with Crippen LogP contribution in [0.15, 0.2) is 9.52 Å².